The van der Waals surface area contributed by atoms with E-state index < -0.39 is 48.4 Å². The molecule has 0 amide bonds. The first-order valence-corrected chi connectivity index (χ1v) is 8.70. The molecule has 5 atom stereocenters. The summed E-state index contributed by atoms with van der Waals surface area (Å²) >= 11 is 0. The zero-order chi connectivity index (χ0) is 21.7. The van der Waals surface area contributed by atoms with Gasteiger partial charge in [0.2, 0.25) is 12.4 Å². The number of phenols is 1. The SMILES string of the molecule is COC(=O)[C@H]1O[C@@H](Oc2ccc(C=O)c(O)c2)[C@@H](OC(C)=O)[C@@H](OC(C)=O)[C@H]1C. The van der Waals surface area contributed by atoms with E-state index in [0.717, 1.165) is 13.0 Å². The molecule has 0 radical (unpaired) electrons. The number of carbonyl (C=O) groups excluding carboxylic acids is 4. The monoisotopic (exact) mass is 410 g/mol. The van der Waals surface area contributed by atoms with E-state index in [1.165, 1.54) is 26.2 Å². The van der Waals surface area contributed by atoms with Crippen LogP contribution in [0.5, 0.6) is 11.5 Å². The molecular weight excluding hydrogens is 388 g/mol. The molecule has 1 aromatic rings. The normalized spacial score (nSPS) is 26.1. The Morgan fingerprint density at radius 3 is 2.24 bits per heavy atom. The number of ether oxygens (including phenoxy) is 5. The lowest BCUT2D eigenvalue weighted by Crippen LogP contribution is -2.60. The molecule has 1 aromatic carbocycles. The van der Waals surface area contributed by atoms with Crippen molar-refractivity contribution >= 4 is 24.2 Å². The van der Waals surface area contributed by atoms with Crippen LogP contribution < -0.4 is 4.74 Å². The smallest absolute Gasteiger partial charge is 0.335 e. The van der Waals surface area contributed by atoms with Gasteiger partial charge >= 0.3 is 17.9 Å². The van der Waals surface area contributed by atoms with Crippen LogP contribution in [0.1, 0.15) is 31.1 Å². The summed E-state index contributed by atoms with van der Waals surface area (Å²) in [6.07, 6.45) is -4.36. The van der Waals surface area contributed by atoms with Crippen LogP contribution in [0.4, 0.5) is 0 Å². The number of hydrogen-bond acceptors (Lipinski definition) is 10. The fraction of sp³-hybridized carbons (Fsp3) is 0.474. The van der Waals surface area contributed by atoms with Crippen molar-refractivity contribution in [2.24, 2.45) is 5.92 Å². The van der Waals surface area contributed by atoms with Gasteiger partial charge in [-0.05, 0) is 12.1 Å². The zero-order valence-corrected chi connectivity index (χ0v) is 16.3. The first-order valence-electron chi connectivity index (χ1n) is 8.70. The molecule has 10 nitrogen and oxygen atoms in total. The molecule has 1 aliphatic heterocycles. The Balaban J connectivity index is 2.40. The van der Waals surface area contributed by atoms with Gasteiger partial charge in [0.15, 0.2) is 18.5 Å². The second-order valence-corrected chi connectivity index (χ2v) is 6.41. The molecule has 1 aliphatic rings. The molecule has 1 heterocycles. The molecule has 158 valence electrons. The number of benzene rings is 1. The Hall–Kier alpha value is -3.14. The number of rotatable bonds is 6. The van der Waals surface area contributed by atoms with E-state index >= 15 is 0 Å². The van der Waals surface area contributed by atoms with Crippen molar-refractivity contribution in [3.8, 4) is 11.5 Å². The summed E-state index contributed by atoms with van der Waals surface area (Å²) in [7, 11) is 1.17. The van der Waals surface area contributed by atoms with Crippen LogP contribution in [0.3, 0.4) is 0 Å². The van der Waals surface area contributed by atoms with Crippen LogP contribution in [0, 0.1) is 5.92 Å². The quantitative estimate of drug-likeness (QED) is 0.411. The predicted octanol–water partition coefficient (Wildman–Crippen LogP) is 0.981. The summed E-state index contributed by atoms with van der Waals surface area (Å²) in [5, 5.41) is 9.84. The van der Waals surface area contributed by atoms with Crippen molar-refractivity contribution < 1.29 is 48.0 Å². The van der Waals surface area contributed by atoms with E-state index in [9.17, 15) is 24.3 Å². The third-order valence-electron chi connectivity index (χ3n) is 4.29. The van der Waals surface area contributed by atoms with Crippen molar-refractivity contribution in [1.29, 1.82) is 0 Å². The lowest BCUT2D eigenvalue weighted by Gasteiger charge is -2.42. The summed E-state index contributed by atoms with van der Waals surface area (Å²) in [5.41, 5.74) is 0.0392. The Kier molecular flexibility index (Phi) is 7.16. The van der Waals surface area contributed by atoms with Crippen LogP contribution >= 0.6 is 0 Å². The molecule has 29 heavy (non-hydrogen) atoms. The summed E-state index contributed by atoms with van der Waals surface area (Å²) < 4.78 is 26.6. The summed E-state index contributed by atoms with van der Waals surface area (Å²) in [6, 6.07) is 3.85. The van der Waals surface area contributed by atoms with Gasteiger partial charge in [0.25, 0.3) is 0 Å². The minimum Gasteiger partial charge on any atom is -0.507 e. The van der Waals surface area contributed by atoms with Gasteiger partial charge in [-0.2, -0.15) is 0 Å². The molecule has 2 rings (SSSR count). The topological polar surface area (TPSA) is 135 Å². The van der Waals surface area contributed by atoms with Crippen LogP contribution in [-0.2, 0) is 33.3 Å². The van der Waals surface area contributed by atoms with Gasteiger partial charge in [0.1, 0.15) is 11.5 Å². The van der Waals surface area contributed by atoms with Gasteiger partial charge in [-0.1, -0.05) is 6.92 Å². The first-order chi connectivity index (χ1) is 13.7. The largest absolute Gasteiger partial charge is 0.507 e. The number of hydrogen-bond donors (Lipinski definition) is 1. The van der Waals surface area contributed by atoms with Crippen LogP contribution in [-0.4, -0.2) is 61.0 Å². The summed E-state index contributed by atoms with van der Waals surface area (Å²) in [4.78, 5) is 46.2. The predicted molar refractivity (Wildman–Crippen MR) is 95.1 cm³/mol. The number of phenolic OH excluding ortho intramolecular Hbond substituents is 1. The maximum Gasteiger partial charge on any atom is 0.335 e. The molecule has 0 saturated carbocycles. The standard InChI is InChI=1S/C19H22O10/c1-9-15(26-10(2)21)17(27-11(3)22)19(29-16(9)18(24)25-4)28-13-6-5-12(8-20)14(23)7-13/h5-9,15-17,19,23H,1-4H3/t9-,15+,16+,17+,19-/m1/s1. The summed E-state index contributed by atoms with van der Waals surface area (Å²) in [6.45, 7) is 3.91. The number of methoxy groups -OCH3 is 1. The summed E-state index contributed by atoms with van der Waals surface area (Å²) in [5.74, 6) is -3.07. The molecule has 1 saturated heterocycles. The van der Waals surface area contributed by atoms with Gasteiger partial charge in [-0.15, -0.1) is 0 Å². The highest BCUT2D eigenvalue weighted by Crippen LogP contribution is 2.33. The highest BCUT2D eigenvalue weighted by atomic mass is 16.7. The molecule has 0 aromatic heterocycles. The number of carbonyl (C=O) groups is 4. The van der Waals surface area contributed by atoms with Gasteiger partial charge in [-0.25, -0.2) is 4.79 Å². The minimum absolute atomic E-state index is 0.0392. The third-order valence-corrected chi connectivity index (χ3v) is 4.29. The molecular formula is C19H22O10. The second-order valence-electron chi connectivity index (χ2n) is 6.41. The maximum atomic E-state index is 12.1. The van der Waals surface area contributed by atoms with Crippen molar-refractivity contribution in [1.82, 2.24) is 0 Å². The van der Waals surface area contributed by atoms with Crippen molar-refractivity contribution in [3.05, 3.63) is 23.8 Å². The van der Waals surface area contributed by atoms with Crippen LogP contribution in [0.2, 0.25) is 0 Å². The molecule has 10 heteroatoms. The fourth-order valence-corrected chi connectivity index (χ4v) is 2.96. The number of aldehydes is 1. The van der Waals surface area contributed by atoms with Gasteiger partial charge in [-0.3, -0.25) is 14.4 Å². The molecule has 0 spiro atoms. The van der Waals surface area contributed by atoms with E-state index in [4.69, 9.17) is 23.7 Å². The third kappa shape index (κ3) is 5.23. The minimum atomic E-state index is -1.37. The van der Waals surface area contributed by atoms with E-state index in [-0.39, 0.29) is 17.1 Å². The molecule has 0 unspecified atom stereocenters. The number of aromatic hydroxyl groups is 1. The van der Waals surface area contributed by atoms with Gasteiger partial charge < -0.3 is 28.8 Å². The van der Waals surface area contributed by atoms with E-state index in [1.807, 2.05) is 0 Å². The molecule has 1 fully saturated rings. The molecule has 1 N–H and O–H groups in total. The zero-order valence-electron chi connectivity index (χ0n) is 16.3. The molecule has 0 aliphatic carbocycles. The van der Waals surface area contributed by atoms with Gasteiger partial charge in [0.05, 0.1) is 12.7 Å². The Labute approximate surface area is 166 Å². The van der Waals surface area contributed by atoms with E-state index in [1.54, 1.807) is 6.92 Å². The van der Waals surface area contributed by atoms with Crippen molar-refractivity contribution in [3.63, 3.8) is 0 Å². The van der Waals surface area contributed by atoms with Crippen molar-refractivity contribution in [2.75, 3.05) is 7.11 Å². The Morgan fingerprint density at radius 2 is 1.72 bits per heavy atom. The van der Waals surface area contributed by atoms with Crippen molar-refractivity contribution in [2.45, 2.75) is 45.4 Å². The second kappa shape index (κ2) is 9.37. The van der Waals surface area contributed by atoms with E-state index in [0.29, 0.717) is 6.29 Å². The van der Waals surface area contributed by atoms with Gasteiger partial charge in [0, 0.05) is 25.8 Å². The maximum absolute atomic E-state index is 12.1. The van der Waals surface area contributed by atoms with Crippen LogP contribution in [0.25, 0.3) is 0 Å². The first kappa shape index (κ1) is 22.2. The number of esters is 3. The Morgan fingerprint density at radius 1 is 1.10 bits per heavy atom. The average Bonchev–Trinajstić information content (AvgIpc) is 2.65. The van der Waals surface area contributed by atoms with E-state index in [2.05, 4.69) is 0 Å². The average molecular weight is 410 g/mol. The highest BCUT2D eigenvalue weighted by Gasteiger charge is 2.52. The highest BCUT2D eigenvalue weighted by molar-refractivity contribution is 5.79. The Bertz CT molecular complexity index is 789. The lowest BCUT2D eigenvalue weighted by molar-refractivity contribution is -0.266. The fourth-order valence-electron chi connectivity index (χ4n) is 2.96. The van der Waals surface area contributed by atoms with Crippen LogP contribution in [0.15, 0.2) is 18.2 Å². The molecule has 0 bridgehead atoms. The lowest BCUT2D eigenvalue weighted by atomic mass is 9.90.